The minimum absolute atomic E-state index is 0.0257. The zero-order valence-electron chi connectivity index (χ0n) is 27.9. The highest BCUT2D eigenvalue weighted by Crippen LogP contribution is 2.57. The fourth-order valence-electron chi connectivity index (χ4n) is 9.46. The quantitative estimate of drug-likeness (QED) is 0.163. The van der Waals surface area contributed by atoms with Crippen molar-refractivity contribution < 1.29 is 24.2 Å². The van der Waals surface area contributed by atoms with Crippen LogP contribution in [-0.2, 0) is 13.0 Å². The van der Waals surface area contributed by atoms with Crippen molar-refractivity contribution in [2.24, 2.45) is 17.8 Å². The number of thiazole rings is 1. The minimum Gasteiger partial charge on any atom is -0.487 e. The number of para-hydroxylation sites is 1. The van der Waals surface area contributed by atoms with Crippen LogP contribution in [0.4, 0.5) is 15.7 Å². The number of nitrogens with zero attached hydrogens (tertiary/aromatic N) is 3. The van der Waals surface area contributed by atoms with Gasteiger partial charge < -0.3 is 19.5 Å². The third kappa shape index (κ3) is 5.65. The molecule has 3 heterocycles. The Kier molecular flexibility index (Phi) is 7.53. The van der Waals surface area contributed by atoms with Crippen molar-refractivity contribution in [3.63, 3.8) is 0 Å². The third-order valence-corrected chi connectivity index (χ3v) is 12.2. The van der Waals surface area contributed by atoms with E-state index in [-0.39, 0.29) is 17.4 Å². The number of ether oxygens (including phenoxy) is 2. The van der Waals surface area contributed by atoms with Gasteiger partial charge in [0.05, 0.1) is 10.2 Å². The Morgan fingerprint density at radius 3 is 2.42 bits per heavy atom. The van der Waals surface area contributed by atoms with E-state index in [9.17, 15) is 14.7 Å². The Bertz CT molecular complexity index is 2090. The molecule has 4 bridgehead atoms. The lowest BCUT2D eigenvalue weighted by Crippen LogP contribution is -2.53. The van der Waals surface area contributed by atoms with Crippen molar-refractivity contribution in [3.05, 3.63) is 95.1 Å². The highest BCUT2D eigenvalue weighted by Gasteiger charge is 2.52. The number of hydrogen-bond acceptors (Lipinski definition) is 8. The van der Waals surface area contributed by atoms with Gasteiger partial charge in [-0.25, -0.2) is 9.78 Å². The van der Waals surface area contributed by atoms with Crippen LogP contribution in [0.15, 0.2) is 72.8 Å². The average molecular weight is 687 g/mol. The zero-order chi connectivity index (χ0) is 34.0. The van der Waals surface area contributed by atoms with Gasteiger partial charge in [0.15, 0.2) is 5.13 Å². The maximum atomic E-state index is 13.6. The average Bonchev–Trinajstić information content (AvgIpc) is 3.50. The Morgan fingerprint density at radius 2 is 1.66 bits per heavy atom. The highest BCUT2D eigenvalue weighted by molar-refractivity contribution is 7.22. The lowest BCUT2D eigenvalue weighted by atomic mass is 9.54. The Morgan fingerprint density at radius 1 is 0.900 bits per heavy atom. The molecule has 4 aliphatic carbocycles. The zero-order valence-corrected chi connectivity index (χ0v) is 28.7. The molecule has 0 unspecified atom stereocenters. The van der Waals surface area contributed by atoms with Crippen LogP contribution in [0.5, 0.6) is 11.6 Å². The monoisotopic (exact) mass is 686 g/mol. The first-order chi connectivity index (χ1) is 24.3. The molecule has 10 heteroatoms. The largest absolute Gasteiger partial charge is 0.512 e. The second kappa shape index (κ2) is 12.1. The molecule has 9 nitrogen and oxygen atoms in total. The van der Waals surface area contributed by atoms with Crippen molar-refractivity contribution >= 4 is 44.6 Å². The fraction of sp³-hybridized carbons (Fsp3) is 0.350. The number of hydrogen-bond donors (Lipinski definition) is 2. The van der Waals surface area contributed by atoms with Crippen molar-refractivity contribution in [1.29, 1.82) is 0 Å². The van der Waals surface area contributed by atoms with E-state index in [1.54, 1.807) is 0 Å². The molecule has 2 aromatic heterocycles. The van der Waals surface area contributed by atoms with Crippen molar-refractivity contribution in [2.75, 3.05) is 16.8 Å². The molecule has 254 valence electrons. The predicted molar refractivity (Wildman–Crippen MR) is 193 cm³/mol. The lowest BCUT2D eigenvalue weighted by Gasteiger charge is -2.56. The van der Waals surface area contributed by atoms with Crippen LogP contribution in [0, 0.1) is 24.7 Å². The van der Waals surface area contributed by atoms with Gasteiger partial charge in [-0.3, -0.25) is 10.1 Å². The number of amides is 1. The summed E-state index contributed by atoms with van der Waals surface area (Å²) in [5, 5.41) is 13.3. The predicted octanol–water partition coefficient (Wildman–Crippen LogP) is 8.89. The highest BCUT2D eigenvalue weighted by atomic mass is 32.1. The summed E-state index contributed by atoms with van der Waals surface area (Å²) in [7, 11) is 0. The molecule has 1 aliphatic heterocycles. The van der Waals surface area contributed by atoms with E-state index in [4.69, 9.17) is 14.5 Å². The van der Waals surface area contributed by atoms with Gasteiger partial charge in [0, 0.05) is 24.2 Å². The standard InChI is InChI=1S/C40H38N4O5S/c1-23-28(7-5-10-33(23)49-40-19-24-16-25(20-40)18-26(17-24)21-40)30-12-13-35(42-37(30)48-39(46)47)44-15-14-27-6-4-8-29(31(27)22-44)36(45)43-38-41-32-9-2-3-11-34(32)50-38/h2-13,24-26H,14-22H2,1H3,(H,46,47)(H,41,43,45). The van der Waals surface area contributed by atoms with Gasteiger partial charge in [0.1, 0.15) is 17.2 Å². The number of aromatic nitrogens is 2. The van der Waals surface area contributed by atoms with Gasteiger partial charge in [-0.2, -0.15) is 4.98 Å². The number of anilines is 2. The molecule has 5 aliphatic rings. The fourth-order valence-corrected chi connectivity index (χ4v) is 10.3. The first kappa shape index (κ1) is 31.1. The summed E-state index contributed by atoms with van der Waals surface area (Å²) >= 11 is 1.44. The van der Waals surface area contributed by atoms with E-state index in [0.29, 0.717) is 41.6 Å². The Balaban J connectivity index is 0.991. The number of fused-ring (bicyclic) bond motifs is 2. The van der Waals surface area contributed by atoms with Gasteiger partial charge in [0.25, 0.3) is 5.91 Å². The molecule has 4 fully saturated rings. The number of carboxylic acid groups (broad SMARTS) is 1. The summed E-state index contributed by atoms with van der Waals surface area (Å²) in [4.78, 5) is 36.9. The molecule has 0 saturated heterocycles. The van der Waals surface area contributed by atoms with Crippen LogP contribution in [0.25, 0.3) is 21.3 Å². The summed E-state index contributed by atoms with van der Waals surface area (Å²) in [6.45, 7) is 3.12. The molecular weight excluding hydrogens is 649 g/mol. The maximum absolute atomic E-state index is 13.6. The minimum atomic E-state index is -1.42. The Hall–Kier alpha value is -4.96. The molecule has 3 aromatic carbocycles. The van der Waals surface area contributed by atoms with E-state index in [0.717, 1.165) is 75.2 Å². The smallest absolute Gasteiger partial charge is 0.487 e. The topological polar surface area (TPSA) is 114 Å². The molecule has 0 spiro atoms. The molecule has 5 aromatic rings. The third-order valence-electron chi connectivity index (χ3n) is 11.3. The van der Waals surface area contributed by atoms with Crippen molar-refractivity contribution in [1.82, 2.24) is 9.97 Å². The van der Waals surface area contributed by atoms with Crippen LogP contribution in [0.1, 0.15) is 65.6 Å². The number of carbonyl (C=O) groups excluding carboxylic acids is 1. The second-order valence-electron chi connectivity index (χ2n) is 14.6. The molecular formula is C40H38N4O5S. The first-order valence-electron chi connectivity index (χ1n) is 17.5. The summed E-state index contributed by atoms with van der Waals surface area (Å²) in [5.41, 5.74) is 5.71. The lowest BCUT2D eigenvalue weighted by molar-refractivity contribution is -0.107. The van der Waals surface area contributed by atoms with Crippen molar-refractivity contribution in [3.8, 4) is 22.8 Å². The molecule has 0 radical (unpaired) electrons. The molecule has 50 heavy (non-hydrogen) atoms. The number of rotatable bonds is 7. The van der Waals surface area contributed by atoms with E-state index in [2.05, 4.69) is 21.3 Å². The van der Waals surface area contributed by atoms with E-state index in [1.165, 1.54) is 30.6 Å². The Labute approximate surface area is 294 Å². The molecule has 1 amide bonds. The van der Waals surface area contributed by atoms with Gasteiger partial charge in [0.2, 0.25) is 5.88 Å². The second-order valence-corrected chi connectivity index (χ2v) is 15.6. The molecule has 4 saturated carbocycles. The first-order valence-corrected chi connectivity index (χ1v) is 18.3. The molecule has 2 N–H and O–H groups in total. The summed E-state index contributed by atoms with van der Waals surface area (Å²) in [6.07, 6.45) is 6.68. The molecule has 10 rings (SSSR count). The van der Waals surface area contributed by atoms with Crippen LogP contribution >= 0.6 is 11.3 Å². The van der Waals surface area contributed by atoms with Crippen LogP contribution in [0.3, 0.4) is 0 Å². The van der Waals surface area contributed by atoms with Crippen molar-refractivity contribution in [2.45, 2.75) is 64.0 Å². The van der Waals surface area contributed by atoms with E-state index >= 15 is 0 Å². The number of benzene rings is 3. The van der Waals surface area contributed by atoms with Crippen LogP contribution in [0.2, 0.25) is 0 Å². The summed E-state index contributed by atoms with van der Waals surface area (Å²) in [6, 6.07) is 23.4. The van der Waals surface area contributed by atoms with E-state index < -0.39 is 6.16 Å². The number of carbonyl (C=O) groups is 2. The number of nitrogens with one attached hydrogen (secondary N) is 1. The van der Waals surface area contributed by atoms with Gasteiger partial charge in [-0.05, 0) is 128 Å². The number of pyridine rings is 1. The maximum Gasteiger partial charge on any atom is 0.512 e. The summed E-state index contributed by atoms with van der Waals surface area (Å²) in [5.74, 6) is 3.54. The normalized spacial score (nSPS) is 23.5. The SMILES string of the molecule is Cc1c(OC23CC4CC(CC(C4)C2)C3)cccc1-c1ccc(N2CCc3cccc(C(=O)Nc4nc5ccccc5s4)c3C2)nc1OC(=O)O. The van der Waals surface area contributed by atoms with Gasteiger partial charge in [-0.1, -0.05) is 47.7 Å². The van der Waals surface area contributed by atoms with Gasteiger partial charge >= 0.3 is 6.16 Å². The van der Waals surface area contributed by atoms with Crippen LogP contribution in [-0.4, -0.2) is 39.3 Å². The van der Waals surface area contributed by atoms with Crippen LogP contribution < -0.4 is 19.7 Å². The van der Waals surface area contributed by atoms with Gasteiger partial charge in [-0.15, -0.1) is 0 Å². The van der Waals surface area contributed by atoms with E-state index in [1.807, 2.05) is 73.7 Å². The summed E-state index contributed by atoms with van der Waals surface area (Å²) < 4.78 is 13.3. The molecule has 0 atom stereocenters.